The summed E-state index contributed by atoms with van der Waals surface area (Å²) < 4.78 is 88.3. The Morgan fingerprint density at radius 1 is 1.14 bits per heavy atom. The summed E-state index contributed by atoms with van der Waals surface area (Å²) in [5.41, 5.74) is 0. The number of hydrogen-bond acceptors (Lipinski definition) is 6. The maximum Gasteiger partial charge on any atom is 0.461 e. The molecular weight excluding hydrogens is 331 g/mol. The second-order valence-electron chi connectivity index (χ2n) is 3.57. The first-order valence-corrected chi connectivity index (χ1v) is 6.86. The van der Waals surface area contributed by atoms with E-state index in [-0.39, 0.29) is 6.26 Å². The van der Waals surface area contributed by atoms with Gasteiger partial charge in [-0.15, -0.1) is 0 Å². The molecule has 0 radical (unpaired) electrons. The van der Waals surface area contributed by atoms with E-state index in [0.29, 0.717) is 0 Å². The number of ether oxygens (including phenoxy) is 1. The Morgan fingerprint density at radius 3 is 1.86 bits per heavy atom. The highest BCUT2D eigenvalue weighted by molar-refractivity contribution is 7.95. The summed E-state index contributed by atoms with van der Waals surface area (Å²) in [6.07, 6.45) is -6.34. The van der Waals surface area contributed by atoms with Crippen LogP contribution in [0.4, 0.5) is 22.0 Å². The van der Waals surface area contributed by atoms with Gasteiger partial charge in [0.05, 0.1) is 6.61 Å². The first kappa shape index (κ1) is 19.3. The van der Waals surface area contributed by atoms with Gasteiger partial charge in [-0.05, 0) is 6.92 Å². The molecule has 0 aliphatic carbocycles. The SMILES string of the molecule is CCOC(=O)C(O)=C(C(=O)C(F)(F)C(F)(F)F)S(C)(=O)=O. The van der Waals surface area contributed by atoms with Crippen LogP contribution in [-0.4, -0.2) is 50.2 Å². The van der Waals surface area contributed by atoms with E-state index in [1.54, 1.807) is 0 Å². The normalized spacial score (nSPS) is 14.4. The summed E-state index contributed by atoms with van der Waals surface area (Å²) in [4.78, 5) is 19.8. The van der Waals surface area contributed by atoms with E-state index >= 15 is 0 Å². The first-order chi connectivity index (χ1) is 9.17. The molecule has 0 saturated carbocycles. The van der Waals surface area contributed by atoms with Crippen LogP contribution in [-0.2, 0) is 24.2 Å². The molecule has 0 aromatic heterocycles. The minimum atomic E-state index is -6.41. The molecule has 0 fully saturated rings. The standard InChI is InChI=1S/C9H9F5O6S/c1-3-20-7(17)4(15)5(21(2,18)19)6(16)8(10,11)9(12,13)14/h15H,3H2,1-2H3. The quantitative estimate of drug-likeness (QED) is 0.349. The maximum atomic E-state index is 12.9. The molecule has 0 heterocycles. The average Bonchev–Trinajstić information content (AvgIpc) is 2.25. The third-order valence-corrected chi connectivity index (χ3v) is 3.02. The molecule has 0 aliphatic heterocycles. The Morgan fingerprint density at radius 2 is 1.57 bits per heavy atom. The van der Waals surface area contributed by atoms with Gasteiger partial charge in [0, 0.05) is 6.26 Å². The zero-order valence-corrected chi connectivity index (χ0v) is 11.3. The summed E-state index contributed by atoms with van der Waals surface area (Å²) >= 11 is 0. The van der Waals surface area contributed by atoms with Crippen molar-refractivity contribution in [2.45, 2.75) is 19.0 Å². The smallest absolute Gasteiger partial charge is 0.461 e. The number of esters is 1. The molecule has 0 spiro atoms. The predicted octanol–water partition coefficient (Wildman–Crippen LogP) is 1.13. The van der Waals surface area contributed by atoms with Crippen molar-refractivity contribution in [1.82, 2.24) is 0 Å². The van der Waals surface area contributed by atoms with E-state index < -0.39 is 51.0 Å². The van der Waals surface area contributed by atoms with Crippen molar-refractivity contribution in [2.24, 2.45) is 0 Å². The lowest BCUT2D eigenvalue weighted by Crippen LogP contribution is -2.46. The highest BCUT2D eigenvalue weighted by Gasteiger charge is 2.65. The van der Waals surface area contributed by atoms with Gasteiger partial charge >= 0.3 is 18.1 Å². The zero-order chi connectivity index (χ0) is 17.2. The van der Waals surface area contributed by atoms with Crippen molar-refractivity contribution in [3.8, 4) is 0 Å². The Labute approximate surface area is 115 Å². The van der Waals surface area contributed by atoms with Crippen molar-refractivity contribution in [1.29, 1.82) is 0 Å². The van der Waals surface area contributed by atoms with Crippen LogP contribution in [0.5, 0.6) is 0 Å². The van der Waals surface area contributed by atoms with E-state index in [0.717, 1.165) is 0 Å². The molecule has 21 heavy (non-hydrogen) atoms. The van der Waals surface area contributed by atoms with Gasteiger partial charge < -0.3 is 9.84 Å². The third kappa shape index (κ3) is 4.12. The fraction of sp³-hybridized carbons (Fsp3) is 0.556. The van der Waals surface area contributed by atoms with E-state index in [1.165, 1.54) is 6.92 Å². The minimum Gasteiger partial charge on any atom is -0.501 e. The van der Waals surface area contributed by atoms with Gasteiger partial charge in [0.2, 0.25) is 5.76 Å². The van der Waals surface area contributed by atoms with Gasteiger partial charge in [-0.25, -0.2) is 13.2 Å². The predicted molar refractivity (Wildman–Crippen MR) is 57.1 cm³/mol. The monoisotopic (exact) mass is 340 g/mol. The van der Waals surface area contributed by atoms with Gasteiger partial charge in [-0.3, -0.25) is 4.79 Å². The molecule has 0 aromatic rings. The van der Waals surface area contributed by atoms with Crippen molar-refractivity contribution >= 4 is 21.6 Å². The number of rotatable bonds is 5. The fourth-order valence-electron chi connectivity index (χ4n) is 1.02. The third-order valence-electron chi connectivity index (χ3n) is 1.90. The Kier molecular flexibility index (Phi) is 5.47. The Balaban J connectivity index is 6.21. The number of hydrogen-bond donors (Lipinski definition) is 1. The maximum absolute atomic E-state index is 12.9. The summed E-state index contributed by atoms with van der Waals surface area (Å²) in [5, 5.41) is 9.15. The van der Waals surface area contributed by atoms with Crippen molar-refractivity contribution in [3.05, 3.63) is 10.7 Å². The highest BCUT2D eigenvalue weighted by atomic mass is 32.2. The largest absolute Gasteiger partial charge is 0.501 e. The molecule has 0 atom stereocenters. The molecule has 0 aliphatic rings. The molecule has 0 rings (SSSR count). The highest BCUT2D eigenvalue weighted by Crippen LogP contribution is 2.39. The molecule has 12 heteroatoms. The molecule has 0 amide bonds. The number of Topliss-reactive ketones (excluding diaryl/α,β-unsaturated/α-hetero) is 1. The van der Waals surface area contributed by atoms with Crippen molar-refractivity contribution in [2.75, 3.05) is 12.9 Å². The van der Waals surface area contributed by atoms with Crippen LogP contribution in [0.2, 0.25) is 0 Å². The van der Waals surface area contributed by atoms with Gasteiger partial charge in [-0.2, -0.15) is 22.0 Å². The van der Waals surface area contributed by atoms with E-state index in [1.807, 2.05) is 0 Å². The van der Waals surface area contributed by atoms with E-state index in [9.17, 15) is 40.0 Å². The average molecular weight is 340 g/mol. The number of sulfone groups is 1. The number of halogens is 5. The number of allylic oxidation sites excluding steroid dienone is 1. The summed E-state index contributed by atoms with van der Waals surface area (Å²) in [7, 11) is -5.07. The van der Waals surface area contributed by atoms with Crippen LogP contribution in [0.15, 0.2) is 10.7 Å². The van der Waals surface area contributed by atoms with E-state index in [4.69, 9.17) is 5.11 Å². The van der Waals surface area contributed by atoms with Crippen LogP contribution in [0.25, 0.3) is 0 Å². The van der Waals surface area contributed by atoms with Gasteiger partial charge in [0.1, 0.15) is 0 Å². The number of alkyl halides is 5. The number of carbonyl (C=O) groups is 2. The molecule has 0 bridgehead atoms. The summed E-state index contributed by atoms with van der Waals surface area (Å²) in [6.45, 7) is 0.723. The number of aliphatic hydroxyl groups excluding tert-OH is 1. The lowest BCUT2D eigenvalue weighted by molar-refractivity contribution is -0.266. The number of carbonyl (C=O) groups excluding carboxylic acids is 2. The van der Waals surface area contributed by atoms with Crippen LogP contribution in [0.3, 0.4) is 0 Å². The molecule has 0 aromatic carbocycles. The van der Waals surface area contributed by atoms with E-state index in [2.05, 4.69) is 4.74 Å². The topological polar surface area (TPSA) is 97.7 Å². The molecule has 1 N–H and O–H groups in total. The second kappa shape index (κ2) is 5.95. The van der Waals surface area contributed by atoms with Crippen molar-refractivity contribution in [3.63, 3.8) is 0 Å². The number of ketones is 1. The van der Waals surface area contributed by atoms with Gasteiger partial charge in [0.15, 0.2) is 14.7 Å². The fourth-order valence-corrected chi connectivity index (χ4v) is 1.91. The van der Waals surface area contributed by atoms with Crippen LogP contribution < -0.4 is 0 Å². The lowest BCUT2D eigenvalue weighted by atomic mass is 10.2. The second-order valence-corrected chi connectivity index (χ2v) is 5.52. The van der Waals surface area contributed by atoms with Crippen molar-refractivity contribution < 1.29 is 49.8 Å². The molecule has 122 valence electrons. The zero-order valence-electron chi connectivity index (χ0n) is 10.5. The molecule has 0 unspecified atom stereocenters. The van der Waals surface area contributed by atoms with Gasteiger partial charge in [-0.1, -0.05) is 0 Å². The summed E-state index contributed by atoms with van der Waals surface area (Å²) in [5.74, 6) is -13.5. The number of aliphatic hydroxyl groups is 1. The van der Waals surface area contributed by atoms with Crippen LogP contribution in [0, 0.1) is 0 Å². The molecular formula is C9H9F5O6S. The Bertz CT molecular complexity index is 574. The summed E-state index contributed by atoms with van der Waals surface area (Å²) in [6, 6.07) is 0. The molecule has 0 saturated heterocycles. The first-order valence-electron chi connectivity index (χ1n) is 4.97. The Hall–Kier alpha value is -1.72. The van der Waals surface area contributed by atoms with Gasteiger partial charge in [0.25, 0.3) is 5.78 Å². The van der Waals surface area contributed by atoms with Crippen LogP contribution in [0.1, 0.15) is 6.92 Å². The lowest BCUT2D eigenvalue weighted by Gasteiger charge is -2.19. The minimum absolute atomic E-state index is 0.0716. The van der Waals surface area contributed by atoms with Crippen LogP contribution >= 0.6 is 0 Å². The molecule has 6 nitrogen and oxygen atoms in total.